The van der Waals surface area contributed by atoms with Crippen molar-refractivity contribution in [1.82, 2.24) is 5.32 Å². The van der Waals surface area contributed by atoms with Crippen molar-refractivity contribution in [3.63, 3.8) is 0 Å². The van der Waals surface area contributed by atoms with Gasteiger partial charge >= 0.3 is 0 Å². The Hall–Kier alpha value is -1.38. The summed E-state index contributed by atoms with van der Waals surface area (Å²) in [5, 5.41) is 3.09. The maximum Gasteiger partial charge on any atom is 0.159 e. The van der Waals surface area contributed by atoms with Crippen LogP contribution in [0.3, 0.4) is 0 Å². The largest absolute Gasteiger partial charge is 0.350 e. The van der Waals surface area contributed by atoms with Gasteiger partial charge in [0, 0.05) is 24.7 Å². The van der Waals surface area contributed by atoms with Crippen molar-refractivity contribution in [3.05, 3.63) is 23.9 Å². The van der Waals surface area contributed by atoms with Gasteiger partial charge in [-0.15, -0.1) is 0 Å². The van der Waals surface area contributed by atoms with Gasteiger partial charge in [0.1, 0.15) is 5.84 Å². The lowest BCUT2D eigenvalue weighted by molar-refractivity contribution is -0.113. The monoisotopic (exact) mass is 206 g/mol. The van der Waals surface area contributed by atoms with Crippen LogP contribution in [0.2, 0.25) is 0 Å². The van der Waals surface area contributed by atoms with Crippen molar-refractivity contribution in [1.29, 1.82) is 0 Å². The van der Waals surface area contributed by atoms with E-state index in [4.69, 9.17) is 0 Å². The van der Waals surface area contributed by atoms with E-state index in [1.165, 1.54) is 0 Å². The zero-order valence-corrected chi connectivity index (χ0v) is 9.42. The van der Waals surface area contributed by atoms with Crippen molar-refractivity contribution in [2.75, 3.05) is 6.54 Å². The number of unbranched alkanes of at least 4 members (excludes halogenated alkanes) is 1. The summed E-state index contributed by atoms with van der Waals surface area (Å²) >= 11 is 0. The molecule has 0 unspecified atom stereocenters. The molecule has 0 aromatic heterocycles. The minimum absolute atomic E-state index is 0.0999. The summed E-state index contributed by atoms with van der Waals surface area (Å²) in [5.41, 5.74) is 0.753. The minimum atomic E-state index is 0.0999. The molecule has 0 amide bonds. The van der Waals surface area contributed by atoms with Crippen LogP contribution in [0.25, 0.3) is 0 Å². The number of carbonyl (C=O) groups excluding carboxylic acids is 1. The van der Waals surface area contributed by atoms with Crippen LogP contribution in [-0.2, 0) is 4.79 Å². The highest BCUT2D eigenvalue weighted by molar-refractivity contribution is 5.98. The summed E-state index contributed by atoms with van der Waals surface area (Å²) in [4.78, 5) is 15.6. The Morgan fingerprint density at radius 1 is 1.60 bits per heavy atom. The van der Waals surface area contributed by atoms with Crippen molar-refractivity contribution >= 4 is 11.6 Å². The molecule has 15 heavy (non-hydrogen) atoms. The van der Waals surface area contributed by atoms with E-state index in [-0.39, 0.29) is 5.78 Å². The molecule has 0 aliphatic carbocycles. The average molecular weight is 206 g/mol. The zero-order chi connectivity index (χ0) is 11.1. The fourth-order valence-corrected chi connectivity index (χ4v) is 1.30. The fraction of sp³-hybridized carbons (Fsp3) is 0.500. The van der Waals surface area contributed by atoms with Gasteiger partial charge in [-0.2, -0.15) is 0 Å². The number of hydrogen-bond donors (Lipinski definition) is 1. The molecule has 0 saturated carbocycles. The predicted molar refractivity (Wildman–Crippen MR) is 62.9 cm³/mol. The van der Waals surface area contributed by atoms with E-state index in [0.29, 0.717) is 6.42 Å². The predicted octanol–water partition coefficient (Wildman–Crippen LogP) is 2.21. The summed E-state index contributed by atoms with van der Waals surface area (Å²) in [6.45, 7) is 4.58. The Morgan fingerprint density at radius 2 is 2.40 bits per heavy atom. The number of carbonyl (C=O) groups is 1. The standard InChI is InChI=1S/C12H18N2O/c1-3-4-8-13-12-6-5-11(10(2)15)7-9-14-12/h5,7,9H,3-4,6,8H2,1-2H3,(H,13,14). The van der Waals surface area contributed by atoms with Crippen LogP contribution >= 0.6 is 0 Å². The molecule has 82 valence electrons. The van der Waals surface area contributed by atoms with Gasteiger partial charge in [0.05, 0.1) is 0 Å². The molecule has 3 heteroatoms. The highest BCUT2D eigenvalue weighted by Crippen LogP contribution is 2.04. The highest BCUT2D eigenvalue weighted by atomic mass is 16.1. The van der Waals surface area contributed by atoms with E-state index in [2.05, 4.69) is 17.2 Å². The third-order valence-electron chi connectivity index (χ3n) is 2.25. The normalized spacial score (nSPS) is 18.3. The molecule has 0 radical (unpaired) electrons. The molecule has 0 spiro atoms. The van der Waals surface area contributed by atoms with Crippen molar-refractivity contribution in [3.8, 4) is 0 Å². The second kappa shape index (κ2) is 6.17. The second-order valence-corrected chi connectivity index (χ2v) is 3.58. The van der Waals surface area contributed by atoms with Crippen LogP contribution < -0.4 is 5.32 Å². The molecule has 1 aliphatic rings. The lowest BCUT2D eigenvalue weighted by atomic mass is 10.1. The quantitative estimate of drug-likeness (QED) is 0.716. The number of aliphatic imine (C=N–C) groups is 1. The van der Waals surface area contributed by atoms with E-state index in [0.717, 1.165) is 30.8 Å². The van der Waals surface area contributed by atoms with Crippen LogP contribution in [0, 0.1) is 0 Å². The van der Waals surface area contributed by atoms with E-state index in [1.807, 2.05) is 6.08 Å². The topological polar surface area (TPSA) is 41.5 Å². The summed E-state index contributed by atoms with van der Waals surface area (Å²) in [6.07, 6.45) is 8.48. The number of nitrogens with one attached hydrogen (secondary N) is 1. The van der Waals surface area contributed by atoms with E-state index in [9.17, 15) is 4.79 Å². The Bertz CT molecular complexity index is 314. The lowest BCUT2D eigenvalue weighted by Crippen LogP contribution is -2.15. The van der Waals surface area contributed by atoms with Gasteiger partial charge in [0.15, 0.2) is 5.78 Å². The van der Waals surface area contributed by atoms with Gasteiger partial charge in [-0.3, -0.25) is 9.79 Å². The highest BCUT2D eigenvalue weighted by Gasteiger charge is 2.04. The van der Waals surface area contributed by atoms with Crippen LogP contribution in [-0.4, -0.2) is 18.2 Å². The van der Waals surface area contributed by atoms with Gasteiger partial charge in [-0.25, -0.2) is 0 Å². The second-order valence-electron chi connectivity index (χ2n) is 3.58. The van der Waals surface area contributed by atoms with Crippen molar-refractivity contribution in [2.45, 2.75) is 33.1 Å². The van der Waals surface area contributed by atoms with Crippen LogP contribution in [0.4, 0.5) is 0 Å². The Kier molecular flexibility index (Phi) is 4.81. The van der Waals surface area contributed by atoms with Gasteiger partial charge in [0.25, 0.3) is 0 Å². The third-order valence-corrected chi connectivity index (χ3v) is 2.25. The Balaban J connectivity index is 2.57. The van der Waals surface area contributed by atoms with Gasteiger partial charge in [0.2, 0.25) is 0 Å². The minimum Gasteiger partial charge on any atom is -0.350 e. The van der Waals surface area contributed by atoms with Crippen LogP contribution in [0.1, 0.15) is 33.1 Å². The molecule has 1 heterocycles. The molecule has 0 atom stereocenters. The van der Waals surface area contributed by atoms with Gasteiger partial charge in [-0.05, 0) is 19.4 Å². The first-order valence-corrected chi connectivity index (χ1v) is 5.41. The average Bonchev–Trinajstić information content (AvgIpc) is 2.44. The van der Waals surface area contributed by atoms with E-state index in [1.54, 1.807) is 19.2 Å². The van der Waals surface area contributed by atoms with E-state index >= 15 is 0 Å². The SMILES string of the molecule is CCCCN=C1CC=C(C(C)=O)C=CN1. The number of Topliss-reactive ketones (excluding diaryl/α,β-unsaturated/α-hetero) is 1. The number of hydrogen-bond acceptors (Lipinski definition) is 2. The van der Waals surface area contributed by atoms with Crippen molar-refractivity contribution in [2.24, 2.45) is 4.99 Å². The molecule has 1 aliphatic heterocycles. The molecule has 0 saturated heterocycles. The molecule has 0 bridgehead atoms. The first-order chi connectivity index (χ1) is 7.24. The maximum absolute atomic E-state index is 11.1. The van der Waals surface area contributed by atoms with E-state index < -0.39 is 0 Å². The van der Waals surface area contributed by atoms with Crippen molar-refractivity contribution < 1.29 is 4.79 Å². The number of ketones is 1. The van der Waals surface area contributed by atoms with Gasteiger partial charge < -0.3 is 5.32 Å². The molecule has 3 nitrogen and oxygen atoms in total. The summed E-state index contributed by atoms with van der Waals surface area (Å²) in [6, 6.07) is 0. The number of amidine groups is 1. The molecule has 1 rings (SSSR count). The third kappa shape index (κ3) is 4.11. The number of nitrogens with zero attached hydrogens (tertiary/aromatic N) is 1. The smallest absolute Gasteiger partial charge is 0.159 e. The van der Waals surface area contributed by atoms with Crippen LogP contribution in [0.5, 0.6) is 0 Å². The summed E-state index contributed by atoms with van der Waals surface area (Å²) < 4.78 is 0. The molecular formula is C12H18N2O. The van der Waals surface area contributed by atoms with Crippen LogP contribution in [0.15, 0.2) is 28.9 Å². The Labute approximate surface area is 91.0 Å². The number of rotatable bonds is 4. The zero-order valence-electron chi connectivity index (χ0n) is 9.42. The first-order valence-electron chi connectivity index (χ1n) is 5.41. The summed E-state index contributed by atoms with van der Waals surface area (Å²) in [7, 11) is 0. The molecule has 0 aromatic rings. The first kappa shape index (κ1) is 11.7. The molecule has 1 N–H and O–H groups in total. The fourth-order valence-electron chi connectivity index (χ4n) is 1.30. The Morgan fingerprint density at radius 3 is 3.07 bits per heavy atom. The molecular weight excluding hydrogens is 188 g/mol. The van der Waals surface area contributed by atoms with Gasteiger partial charge in [-0.1, -0.05) is 19.4 Å². The molecule has 0 aromatic carbocycles. The number of allylic oxidation sites excluding steroid dienone is 2. The lowest BCUT2D eigenvalue weighted by Gasteiger charge is -2.01. The summed E-state index contributed by atoms with van der Waals surface area (Å²) in [5.74, 6) is 1.04. The molecule has 0 fully saturated rings. The maximum atomic E-state index is 11.1.